The van der Waals surface area contributed by atoms with Crippen LogP contribution < -0.4 is 5.32 Å². The Morgan fingerprint density at radius 3 is 2.83 bits per heavy atom. The van der Waals surface area contributed by atoms with E-state index in [1.165, 1.54) is 19.4 Å². The molecule has 3 heteroatoms. The molecule has 2 rings (SSSR count). The molecule has 1 unspecified atom stereocenters. The Balaban J connectivity index is 1.83. The lowest BCUT2D eigenvalue weighted by Crippen LogP contribution is -2.45. The van der Waals surface area contributed by atoms with E-state index >= 15 is 0 Å². The lowest BCUT2D eigenvalue weighted by atomic mass is 10.1. The number of piperidine rings is 1. The van der Waals surface area contributed by atoms with E-state index in [4.69, 9.17) is 0 Å². The maximum Gasteiger partial charge on any atom is 0.0679 e. The number of aliphatic hydroxyl groups is 1. The van der Waals surface area contributed by atoms with Crippen LogP contribution in [0.15, 0.2) is 0 Å². The summed E-state index contributed by atoms with van der Waals surface area (Å²) in [5.41, 5.74) is 0. The highest BCUT2D eigenvalue weighted by Crippen LogP contribution is 2.16. The molecule has 0 aromatic heterocycles. The maximum atomic E-state index is 9.37. The molecule has 0 saturated carbocycles. The van der Waals surface area contributed by atoms with Crippen LogP contribution in [0.2, 0.25) is 0 Å². The monoisotopic (exact) mass is 170 g/mol. The third-order valence-electron chi connectivity index (χ3n) is 2.98. The normalized spacial score (nSPS) is 38.8. The van der Waals surface area contributed by atoms with Crippen LogP contribution in [0.5, 0.6) is 0 Å². The Bertz CT molecular complexity index is 143. The van der Waals surface area contributed by atoms with Gasteiger partial charge < -0.3 is 10.4 Å². The standard InChI is InChI=1S/C9H18N2O/c12-9-3-5-11(7-9)8-2-1-4-10-6-8/h8-10,12H,1-7H2/t8-,9?/m0/s1. The van der Waals surface area contributed by atoms with Crippen molar-refractivity contribution in [2.45, 2.75) is 31.4 Å². The third kappa shape index (κ3) is 1.79. The minimum atomic E-state index is -0.0630. The van der Waals surface area contributed by atoms with Gasteiger partial charge in [-0.2, -0.15) is 0 Å². The van der Waals surface area contributed by atoms with Gasteiger partial charge in [-0.25, -0.2) is 0 Å². The first-order valence-electron chi connectivity index (χ1n) is 4.99. The van der Waals surface area contributed by atoms with Gasteiger partial charge in [-0.05, 0) is 25.8 Å². The van der Waals surface area contributed by atoms with Crippen molar-refractivity contribution in [2.24, 2.45) is 0 Å². The lowest BCUT2D eigenvalue weighted by Gasteiger charge is -2.31. The Morgan fingerprint density at radius 2 is 2.25 bits per heavy atom. The molecule has 0 spiro atoms. The minimum absolute atomic E-state index is 0.0630. The second-order valence-corrected chi connectivity index (χ2v) is 3.94. The van der Waals surface area contributed by atoms with Crippen molar-refractivity contribution in [2.75, 3.05) is 26.2 Å². The van der Waals surface area contributed by atoms with Gasteiger partial charge in [-0.1, -0.05) is 0 Å². The molecule has 3 nitrogen and oxygen atoms in total. The zero-order chi connectivity index (χ0) is 8.39. The van der Waals surface area contributed by atoms with E-state index in [2.05, 4.69) is 10.2 Å². The molecular formula is C9H18N2O. The van der Waals surface area contributed by atoms with Crippen LogP contribution >= 0.6 is 0 Å². The molecular weight excluding hydrogens is 152 g/mol. The molecule has 2 N–H and O–H groups in total. The molecule has 0 aromatic carbocycles. The lowest BCUT2D eigenvalue weighted by molar-refractivity contribution is 0.147. The van der Waals surface area contributed by atoms with Crippen LogP contribution in [0.25, 0.3) is 0 Å². The molecule has 0 aliphatic carbocycles. The molecule has 2 aliphatic heterocycles. The molecule has 0 aromatic rings. The highest BCUT2D eigenvalue weighted by atomic mass is 16.3. The Kier molecular flexibility index (Phi) is 2.63. The van der Waals surface area contributed by atoms with Gasteiger partial charge in [0.1, 0.15) is 0 Å². The third-order valence-corrected chi connectivity index (χ3v) is 2.98. The van der Waals surface area contributed by atoms with Crippen LogP contribution in [0.1, 0.15) is 19.3 Å². The molecule has 2 aliphatic rings. The van der Waals surface area contributed by atoms with E-state index in [-0.39, 0.29) is 6.10 Å². The molecule has 2 heterocycles. The van der Waals surface area contributed by atoms with E-state index in [1.807, 2.05) is 0 Å². The predicted octanol–water partition coefficient (Wildman–Crippen LogP) is -0.195. The minimum Gasteiger partial charge on any atom is -0.392 e. The van der Waals surface area contributed by atoms with Crippen molar-refractivity contribution in [1.29, 1.82) is 0 Å². The number of nitrogens with zero attached hydrogens (tertiary/aromatic N) is 1. The van der Waals surface area contributed by atoms with Crippen molar-refractivity contribution in [3.05, 3.63) is 0 Å². The zero-order valence-electron chi connectivity index (χ0n) is 7.50. The van der Waals surface area contributed by atoms with Gasteiger partial charge in [0.2, 0.25) is 0 Å². The fourth-order valence-corrected chi connectivity index (χ4v) is 2.24. The largest absolute Gasteiger partial charge is 0.392 e. The summed E-state index contributed by atoms with van der Waals surface area (Å²) in [6, 6.07) is 0.691. The summed E-state index contributed by atoms with van der Waals surface area (Å²) in [7, 11) is 0. The van der Waals surface area contributed by atoms with Crippen molar-refractivity contribution in [1.82, 2.24) is 10.2 Å². The SMILES string of the molecule is OC1CCN([C@H]2CCCNC2)C1. The number of likely N-dealkylation sites (tertiary alicyclic amines) is 1. The van der Waals surface area contributed by atoms with E-state index in [1.54, 1.807) is 0 Å². The van der Waals surface area contributed by atoms with E-state index in [0.717, 1.165) is 26.1 Å². The van der Waals surface area contributed by atoms with Gasteiger partial charge in [-0.3, -0.25) is 4.90 Å². The summed E-state index contributed by atoms with van der Waals surface area (Å²) in [5.74, 6) is 0. The van der Waals surface area contributed by atoms with Crippen LogP contribution in [-0.2, 0) is 0 Å². The fourth-order valence-electron chi connectivity index (χ4n) is 2.24. The smallest absolute Gasteiger partial charge is 0.0679 e. The molecule has 2 atom stereocenters. The van der Waals surface area contributed by atoms with Gasteiger partial charge in [0.25, 0.3) is 0 Å². The van der Waals surface area contributed by atoms with Crippen LogP contribution in [0.4, 0.5) is 0 Å². The van der Waals surface area contributed by atoms with Gasteiger partial charge >= 0.3 is 0 Å². The van der Waals surface area contributed by atoms with Crippen molar-refractivity contribution < 1.29 is 5.11 Å². The topological polar surface area (TPSA) is 35.5 Å². The second-order valence-electron chi connectivity index (χ2n) is 3.94. The summed E-state index contributed by atoms with van der Waals surface area (Å²) >= 11 is 0. The summed E-state index contributed by atoms with van der Waals surface area (Å²) in [4.78, 5) is 2.43. The average molecular weight is 170 g/mol. The number of β-amino-alcohol motifs (C(OH)–C–C–N with tert-alkyl or cyclic N) is 1. The Labute approximate surface area is 73.8 Å². The van der Waals surface area contributed by atoms with E-state index < -0.39 is 0 Å². The van der Waals surface area contributed by atoms with E-state index in [9.17, 15) is 5.11 Å². The van der Waals surface area contributed by atoms with Crippen molar-refractivity contribution in [3.8, 4) is 0 Å². The average Bonchev–Trinajstić information content (AvgIpc) is 2.54. The number of aliphatic hydroxyl groups excluding tert-OH is 1. The summed E-state index contributed by atoms with van der Waals surface area (Å²) in [6.45, 7) is 4.28. The van der Waals surface area contributed by atoms with Crippen LogP contribution in [0.3, 0.4) is 0 Å². The van der Waals surface area contributed by atoms with Gasteiger partial charge in [0.05, 0.1) is 6.10 Å². The van der Waals surface area contributed by atoms with Crippen LogP contribution in [0, 0.1) is 0 Å². The number of nitrogens with one attached hydrogen (secondary N) is 1. The number of hydrogen-bond acceptors (Lipinski definition) is 3. The first-order valence-corrected chi connectivity index (χ1v) is 4.99. The zero-order valence-corrected chi connectivity index (χ0v) is 7.50. The van der Waals surface area contributed by atoms with Gasteiger partial charge in [-0.15, -0.1) is 0 Å². The summed E-state index contributed by atoms with van der Waals surface area (Å²) in [5, 5.41) is 12.8. The fraction of sp³-hybridized carbons (Fsp3) is 1.00. The quantitative estimate of drug-likeness (QED) is 0.572. The predicted molar refractivity (Wildman–Crippen MR) is 48.1 cm³/mol. The second kappa shape index (κ2) is 3.73. The highest BCUT2D eigenvalue weighted by Gasteiger charge is 2.27. The maximum absolute atomic E-state index is 9.37. The first kappa shape index (κ1) is 8.48. The van der Waals surface area contributed by atoms with Crippen molar-refractivity contribution >= 4 is 0 Å². The number of rotatable bonds is 1. The summed E-state index contributed by atoms with van der Waals surface area (Å²) < 4.78 is 0. The van der Waals surface area contributed by atoms with Gasteiger partial charge in [0, 0.05) is 25.7 Å². The molecule has 0 bridgehead atoms. The summed E-state index contributed by atoms with van der Waals surface area (Å²) in [6.07, 6.45) is 3.50. The number of hydrogen-bond donors (Lipinski definition) is 2. The Morgan fingerprint density at radius 1 is 1.33 bits per heavy atom. The first-order chi connectivity index (χ1) is 5.86. The van der Waals surface area contributed by atoms with Crippen molar-refractivity contribution in [3.63, 3.8) is 0 Å². The molecule has 0 radical (unpaired) electrons. The highest BCUT2D eigenvalue weighted by molar-refractivity contribution is 4.84. The van der Waals surface area contributed by atoms with Crippen LogP contribution in [-0.4, -0.2) is 48.3 Å². The van der Waals surface area contributed by atoms with Gasteiger partial charge in [0.15, 0.2) is 0 Å². The molecule has 2 fully saturated rings. The molecule has 70 valence electrons. The molecule has 12 heavy (non-hydrogen) atoms. The molecule has 0 amide bonds. The Hall–Kier alpha value is -0.120. The molecule has 2 saturated heterocycles. The van der Waals surface area contributed by atoms with E-state index in [0.29, 0.717) is 6.04 Å².